The van der Waals surface area contributed by atoms with Gasteiger partial charge in [-0.1, -0.05) is 16.8 Å². The van der Waals surface area contributed by atoms with Gasteiger partial charge in [0, 0.05) is 29.2 Å². The average Bonchev–Trinajstić information content (AvgIpc) is 3.12. The lowest BCUT2D eigenvalue weighted by Gasteiger charge is -2.28. The van der Waals surface area contributed by atoms with Crippen LogP contribution in [0, 0.1) is 0 Å². The van der Waals surface area contributed by atoms with E-state index in [2.05, 4.69) is 22.0 Å². The molecule has 7 heteroatoms. The summed E-state index contributed by atoms with van der Waals surface area (Å²) in [4.78, 5) is 16.5. The highest BCUT2D eigenvalue weighted by atomic mass is 35.5. The summed E-state index contributed by atoms with van der Waals surface area (Å²) in [5.41, 5.74) is 0.809. The van der Waals surface area contributed by atoms with E-state index >= 15 is 0 Å². The smallest absolute Gasteiger partial charge is 0.343 e. The summed E-state index contributed by atoms with van der Waals surface area (Å²) in [5.74, 6) is -0.269. The van der Waals surface area contributed by atoms with Crippen LogP contribution in [-0.2, 0) is 0 Å². The maximum atomic E-state index is 12.0. The van der Waals surface area contributed by atoms with Crippen molar-refractivity contribution in [3.8, 4) is 11.3 Å². The van der Waals surface area contributed by atoms with Crippen LogP contribution in [0.4, 0.5) is 5.82 Å². The number of carbonyl (C=O) groups is 1. The number of hydrogen-bond acceptors (Lipinski definition) is 5. The van der Waals surface area contributed by atoms with E-state index in [1.807, 2.05) is 0 Å². The number of halogens is 1. The zero-order valence-corrected chi connectivity index (χ0v) is 14.7. The Hall–Kier alpha value is -2.05. The third kappa shape index (κ3) is 2.89. The number of benzene rings is 1. The Labute approximate surface area is 151 Å². The van der Waals surface area contributed by atoms with E-state index in [4.69, 9.17) is 16.1 Å². The van der Waals surface area contributed by atoms with Gasteiger partial charge in [-0.2, -0.15) is 0 Å². The number of hydrogen-bond donors (Lipinski definition) is 1. The average molecular weight is 362 g/mol. The number of fused-ring (bicyclic) bond motifs is 2. The van der Waals surface area contributed by atoms with Crippen molar-refractivity contribution in [3.05, 3.63) is 34.9 Å². The van der Waals surface area contributed by atoms with Gasteiger partial charge in [-0.3, -0.25) is 0 Å². The Kier molecular flexibility index (Phi) is 4.17. The van der Waals surface area contributed by atoms with Crippen LogP contribution in [0.5, 0.6) is 0 Å². The van der Waals surface area contributed by atoms with E-state index in [0.29, 0.717) is 22.4 Å². The molecule has 0 radical (unpaired) electrons. The van der Waals surface area contributed by atoms with Crippen molar-refractivity contribution in [1.82, 2.24) is 10.1 Å². The third-order valence-electron chi connectivity index (χ3n) is 5.23. The molecule has 1 aromatic carbocycles. The summed E-state index contributed by atoms with van der Waals surface area (Å²) in [6.07, 6.45) is 3.13. The Morgan fingerprint density at radius 2 is 1.96 bits per heavy atom. The summed E-state index contributed by atoms with van der Waals surface area (Å²) in [5, 5.41) is 14.6. The molecule has 2 aliphatic heterocycles. The SMILES string of the molecule is CN1CC[C@H]2CC[C@@H](C1)N2c1noc(-c2ccc(Cl)cc2)c1C(=O)O. The molecule has 25 heavy (non-hydrogen) atoms. The van der Waals surface area contributed by atoms with Gasteiger partial charge in [0.05, 0.1) is 0 Å². The van der Waals surface area contributed by atoms with Crippen molar-refractivity contribution in [3.63, 3.8) is 0 Å². The predicted molar refractivity (Wildman–Crippen MR) is 95.3 cm³/mol. The van der Waals surface area contributed by atoms with E-state index in [1.165, 1.54) is 0 Å². The second-order valence-electron chi connectivity index (χ2n) is 6.87. The van der Waals surface area contributed by atoms with Crippen LogP contribution in [0.25, 0.3) is 11.3 Å². The minimum atomic E-state index is -1.02. The van der Waals surface area contributed by atoms with E-state index in [1.54, 1.807) is 24.3 Å². The Morgan fingerprint density at radius 1 is 1.24 bits per heavy atom. The normalized spacial score (nSPS) is 23.7. The number of carboxylic acid groups (broad SMARTS) is 1. The van der Waals surface area contributed by atoms with E-state index in [9.17, 15) is 9.90 Å². The number of aromatic nitrogens is 1. The number of anilines is 1. The lowest BCUT2D eigenvalue weighted by Crippen LogP contribution is -2.39. The lowest BCUT2D eigenvalue weighted by atomic mass is 10.1. The van der Waals surface area contributed by atoms with Gasteiger partial charge in [0.1, 0.15) is 0 Å². The van der Waals surface area contributed by atoms with Crippen LogP contribution in [0.3, 0.4) is 0 Å². The number of nitrogens with zero attached hydrogens (tertiary/aromatic N) is 3. The molecular weight excluding hydrogens is 342 g/mol. The van der Waals surface area contributed by atoms with Crippen molar-refractivity contribution in [2.24, 2.45) is 0 Å². The number of rotatable bonds is 3. The van der Waals surface area contributed by atoms with Crippen LogP contribution in [0.1, 0.15) is 29.6 Å². The molecule has 0 amide bonds. The minimum absolute atomic E-state index is 0.142. The van der Waals surface area contributed by atoms with Crippen LogP contribution < -0.4 is 4.90 Å². The maximum absolute atomic E-state index is 12.0. The molecule has 2 saturated heterocycles. The zero-order chi connectivity index (χ0) is 17.6. The molecule has 0 saturated carbocycles. The van der Waals surface area contributed by atoms with Gasteiger partial charge in [0.2, 0.25) is 0 Å². The minimum Gasteiger partial charge on any atom is -0.477 e. The molecule has 1 N–H and O–H groups in total. The first-order valence-electron chi connectivity index (χ1n) is 8.50. The largest absolute Gasteiger partial charge is 0.477 e. The molecular formula is C18H20ClN3O3. The fraction of sp³-hybridized carbons (Fsp3) is 0.444. The van der Waals surface area contributed by atoms with Gasteiger partial charge in [-0.15, -0.1) is 0 Å². The van der Waals surface area contributed by atoms with Crippen molar-refractivity contribution >= 4 is 23.4 Å². The highest BCUT2D eigenvalue weighted by Gasteiger charge is 2.41. The number of likely N-dealkylation sites (tertiary alicyclic amines) is 1. The molecule has 2 aromatic rings. The monoisotopic (exact) mass is 361 g/mol. The zero-order valence-electron chi connectivity index (χ0n) is 14.0. The highest BCUT2D eigenvalue weighted by molar-refractivity contribution is 6.30. The van der Waals surface area contributed by atoms with Crippen LogP contribution >= 0.6 is 11.6 Å². The fourth-order valence-corrected chi connectivity index (χ4v) is 4.17. The third-order valence-corrected chi connectivity index (χ3v) is 5.48. The van der Waals surface area contributed by atoms with Gasteiger partial charge in [-0.25, -0.2) is 4.79 Å². The van der Waals surface area contributed by atoms with Gasteiger partial charge in [0.15, 0.2) is 17.1 Å². The summed E-state index contributed by atoms with van der Waals surface area (Å²) in [6, 6.07) is 7.54. The van der Waals surface area contributed by atoms with Crippen LogP contribution in [0.15, 0.2) is 28.8 Å². The predicted octanol–water partition coefficient (Wildman–Crippen LogP) is 3.37. The summed E-state index contributed by atoms with van der Waals surface area (Å²) in [6.45, 7) is 1.93. The molecule has 1 aromatic heterocycles. The van der Waals surface area contributed by atoms with Gasteiger partial charge < -0.3 is 19.4 Å². The van der Waals surface area contributed by atoms with Crippen LogP contribution in [0.2, 0.25) is 5.02 Å². The standard InChI is InChI=1S/C18H20ClN3O3/c1-21-9-8-13-6-7-14(10-21)22(13)17-15(18(23)24)16(25-20-17)11-2-4-12(19)5-3-11/h2-5,13-14H,6-10H2,1H3,(H,23,24)/t13-,14+/m1/s1. The molecule has 2 atom stereocenters. The Morgan fingerprint density at radius 3 is 2.68 bits per heavy atom. The summed E-state index contributed by atoms with van der Waals surface area (Å²) >= 11 is 5.93. The second kappa shape index (κ2) is 6.35. The lowest BCUT2D eigenvalue weighted by molar-refractivity contribution is 0.0697. The Bertz CT molecular complexity index is 789. The summed E-state index contributed by atoms with van der Waals surface area (Å²) < 4.78 is 5.50. The molecule has 2 bridgehead atoms. The molecule has 0 unspecified atom stereocenters. The van der Waals surface area contributed by atoms with Crippen molar-refractivity contribution in [2.75, 3.05) is 25.0 Å². The van der Waals surface area contributed by atoms with Gasteiger partial charge in [0.25, 0.3) is 0 Å². The molecule has 0 spiro atoms. The Balaban J connectivity index is 1.78. The highest BCUT2D eigenvalue weighted by Crippen LogP contribution is 2.39. The molecule has 4 rings (SSSR count). The second-order valence-corrected chi connectivity index (χ2v) is 7.30. The molecule has 6 nitrogen and oxygen atoms in total. The van der Waals surface area contributed by atoms with Gasteiger partial charge in [-0.05, 0) is 57.1 Å². The van der Waals surface area contributed by atoms with E-state index < -0.39 is 5.97 Å². The molecule has 3 heterocycles. The topological polar surface area (TPSA) is 69.8 Å². The molecule has 2 fully saturated rings. The summed E-state index contributed by atoms with van der Waals surface area (Å²) in [7, 11) is 2.11. The van der Waals surface area contributed by atoms with Crippen molar-refractivity contribution < 1.29 is 14.4 Å². The van der Waals surface area contributed by atoms with Crippen LogP contribution in [-0.4, -0.2) is 53.4 Å². The number of aromatic carboxylic acids is 1. The first-order valence-corrected chi connectivity index (χ1v) is 8.88. The molecule has 0 aliphatic carbocycles. The quantitative estimate of drug-likeness (QED) is 0.903. The van der Waals surface area contributed by atoms with Crippen molar-refractivity contribution in [1.29, 1.82) is 0 Å². The first kappa shape index (κ1) is 16.4. The molecule has 132 valence electrons. The first-order chi connectivity index (χ1) is 12.0. The fourth-order valence-electron chi connectivity index (χ4n) is 4.04. The van der Waals surface area contributed by atoms with Gasteiger partial charge >= 0.3 is 5.97 Å². The number of carboxylic acids is 1. The van der Waals surface area contributed by atoms with E-state index in [0.717, 1.165) is 32.4 Å². The number of likely N-dealkylation sites (N-methyl/N-ethyl adjacent to an activating group) is 1. The van der Waals surface area contributed by atoms with E-state index in [-0.39, 0.29) is 17.4 Å². The van der Waals surface area contributed by atoms with Crippen molar-refractivity contribution in [2.45, 2.75) is 31.3 Å². The molecule has 2 aliphatic rings. The maximum Gasteiger partial charge on any atom is 0.343 e.